The van der Waals surface area contributed by atoms with E-state index in [1.807, 2.05) is 35.2 Å². The number of piperazine rings is 1. The third-order valence-corrected chi connectivity index (χ3v) is 4.49. The van der Waals surface area contributed by atoms with Gasteiger partial charge in [-0.05, 0) is 24.5 Å². The number of anilines is 1. The summed E-state index contributed by atoms with van der Waals surface area (Å²) in [7, 11) is 1.58. The monoisotopic (exact) mass is 340 g/mol. The Bertz CT molecular complexity index is 668. The maximum atomic E-state index is 12.4. The van der Waals surface area contributed by atoms with Gasteiger partial charge in [0.2, 0.25) is 11.8 Å². The van der Waals surface area contributed by atoms with Gasteiger partial charge in [0.1, 0.15) is 0 Å². The van der Waals surface area contributed by atoms with Crippen LogP contribution in [-0.4, -0.2) is 54.3 Å². The van der Waals surface area contributed by atoms with Crippen LogP contribution in [0, 0.1) is 0 Å². The third-order valence-electron chi connectivity index (χ3n) is 4.49. The zero-order valence-corrected chi connectivity index (χ0v) is 14.6. The van der Waals surface area contributed by atoms with Gasteiger partial charge in [0.25, 0.3) is 0 Å². The van der Waals surface area contributed by atoms with Crippen LogP contribution >= 0.6 is 0 Å². The first kappa shape index (κ1) is 17.2. The fraction of sp³-hybridized carbons (Fsp3) is 0.421. The first-order chi connectivity index (χ1) is 12.3. The smallest absolute Gasteiger partial charge is 0.233 e. The Morgan fingerprint density at radius 3 is 2.44 bits per heavy atom. The molecule has 132 valence electrons. The molecule has 0 bridgehead atoms. The molecule has 3 rings (SSSR count). The summed E-state index contributed by atoms with van der Waals surface area (Å²) >= 11 is 0. The number of carbonyl (C=O) groups excluding carboxylic acids is 1. The van der Waals surface area contributed by atoms with Gasteiger partial charge < -0.3 is 14.5 Å². The number of rotatable bonds is 6. The second-order valence-electron chi connectivity index (χ2n) is 6.14. The Kier molecular flexibility index (Phi) is 5.82. The van der Waals surface area contributed by atoms with E-state index in [1.165, 1.54) is 5.56 Å². The maximum absolute atomic E-state index is 12.4. The van der Waals surface area contributed by atoms with Gasteiger partial charge in [0.05, 0.1) is 7.11 Å². The van der Waals surface area contributed by atoms with Crippen LogP contribution in [0.5, 0.6) is 5.88 Å². The molecule has 6 heteroatoms. The predicted octanol–water partition coefficient (Wildman–Crippen LogP) is 2.16. The summed E-state index contributed by atoms with van der Waals surface area (Å²) in [5.74, 6) is 1.59. The van der Waals surface area contributed by atoms with Crippen molar-refractivity contribution < 1.29 is 9.53 Å². The molecule has 0 N–H and O–H groups in total. The first-order valence-electron chi connectivity index (χ1n) is 8.70. The summed E-state index contributed by atoms with van der Waals surface area (Å²) < 4.78 is 5.03. The van der Waals surface area contributed by atoms with E-state index in [0.717, 1.165) is 44.8 Å². The highest BCUT2D eigenvalue weighted by molar-refractivity contribution is 5.76. The average Bonchev–Trinajstić information content (AvgIpc) is 2.69. The molecule has 25 heavy (non-hydrogen) atoms. The lowest BCUT2D eigenvalue weighted by molar-refractivity contribution is -0.131. The number of hydrogen-bond acceptors (Lipinski definition) is 5. The molecule has 1 fully saturated rings. The van der Waals surface area contributed by atoms with Gasteiger partial charge in [0, 0.05) is 38.7 Å². The second-order valence-corrected chi connectivity index (χ2v) is 6.14. The van der Waals surface area contributed by atoms with E-state index in [2.05, 4.69) is 27.2 Å². The minimum absolute atomic E-state index is 0.247. The minimum atomic E-state index is 0.247. The second kappa shape index (κ2) is 8.46. The first-order valence-corrected chi connectivity index (χ1v) is 8.70. The number of aromatic nitrogens is 2. The van der Waals surface area contributed by atoms with Crippen LogP contribution in [0.3, 0.4) is 0 Å². The van der Waals surface area contributed by atoms with E-state index in [4.69, 9.17) is 4.74 Å². The lowest BCUT2D eigenvalue weighted by Gasteiger charge is -2.35. The molecule has 0 atom stereocenters. The molecular weight excluding hydrogens is 316 g/mol. The third kappa shape index (κ3) is 4.68. The lowest BCUT2D eigenvalue weighted by atomic mass is 10.1. The summed E-state index contributed by atoms with van der Waals surface area (Å²) in [6.45, 7) is 3.03. The summed E-state index contributed by atoms with van der Waals surface area (Å²) in [5.41, 5.74) is 1.29. The quantitative estimate of drug-likeness (QED) is 0.806. The minimum Gasteiger partial charge on any atom is -0.480 e. The predicted molar refractivity (Wildman–Crippen MR) is 96.8 cm³/mol. The Morgan fingerprint density at radius 2 is 1.80 bits per heavy atom. The van der Waals surface area contributed by atoms with E-state index in [0.29, 0.717) is 12.3 Å². The number of ether oxygens (including phenoxy) is 1. The molecule has 1 aliphatic heterocycles. The van der Waals surface area contributed by atoms with Gasteiger partial charge in [-0.1, -0.05) is 30.3 Å². The van der Waals surface area contributed by atoms with Gasteiger partial charge in [0.15, 0.2) is 5.82 Å². The van der Waals surface area contributed by atoms with Crippen LogP contribution in [0.1, 0.15) is 18.4 Å². The van der Waals surface area contributed by atoms with Gasteiger partial charge in [-0.25, -0.2) is 0 Å². The summed E-state index contributed by atoms with van der Waals surface area (Å²) in [4.78, 5) is 16.5. The standard InChI is InChI=1S/C19H24N4O2/c1-25-18-11-10-17(20-21-18)22-12-14-23(15-13-22)19(24)9-5-8-16-6-3-2-4-7-16/h2-4,6-7,10-11H,5,8-9,12-15H2,1H3. The molecule has 0 spiro atoms. The van der Waals surface area contributed by atoms with Crippen molar-refractivity contribution in [2.24, 2.45) is 0 Å². The molecule has 0 radical (unpaired) electrons. The fourth-order valence-electron chi connectivity index (χ4n) is 3.02. The Labute approximate surface area is 148 Å². The molecule has 6 nitrogen and oxygen atoms in total. The lowest BCUT2D eigenvalue weighted by Crippen LogP contribution is -2.49. The number of amides is 1. The van der Waals surface area contributed by atoms with Crippen molar-refractivity contribution in [2.75, 3.05) is 38.2 Å². The number of carbonyl (C=O) groups is 1. The van der Waals surface area contributed by atoms with Gasteiger partial charge in [-0.15, -0.1) is 10.2 Å². The van der Waals surface area contributed by atoms with Crippen molar-refractivity contribution in [2.45, 2.75) is 19.3 Å². The van der Waals surface area contributed by atoms with Crippen LogP contribution in [0.25, 0.3) is 0 Å². The molecule has 2 heterocycles. The number of aryl methyl sites for hydroxylation is 1. The highest BCUT2D eigenvalue weighted by Crippen LogP contribution is 2.16. The van der Waals surface area contributed by atoms with Crippen molar-refractivity contribution in [3.05, 3.63) is 48.0 Å². The molecule has 0 unspecified atom stereocenters. The van der Waals surface area contributed by atoms with E-state index in [9.17, 15) is 4.79 Å². The Balaban J connectivity index is 1.42. The number of nitrogens with zero attached hydrogens (tertiary/aromatic N) is 4. The van der Waals surface area contributed by atoms with Crippen molar-refractivity contribution in [3.8, 4) is 5.88 Å². The average molecular weight is 340 g/mol. The largest absolute Gasteiger partial charge is 0.480 e. The molecule has 1 amide bonds. The molecule has 1 aliphatic rings. The van der Waals surface area contributed by atoms with Crippen LogP contribution < -0.4 is 9.64 Å². The van der Waals surface area contributed by atoms with Crippen molar-refractivity contribution in [3.63, 3.8) is 0 Å². The highest BCUT2D eigenvalue weighted by atomic mass is 16.5. The van der Waals surface area contributed by atoms with Gasteiger partial charge >= 0.3 is 0 Å². The SMILES string of the molecule is COc1ccc(N2CCN(C(=O)CCCc3ccccc3)CC2)nn1. The zero-order valence-electron chi connectivity index (χ0n) is 14.6. The topological polar surface area (TPSA) is 58.6 Å². The Morgan fingerprint density at radius 1 is 1.04 bits per heavy atom. The number of benzene rings is 1. The summed E-state index contributed by atoms with van der Waals surface area (Å²) in [6.07, 6.45) is 2.46. The summed E-state index contributed by atoms with van der Waals surface area (Å²) in [5, 5.41) is 8.18. The normalized spacial score (nSPS) is 14.4. The van der Waals surface area contributed by atoms with Gasteiger partial charge in [-0.3, -0.25) is 4.79 Å². The van der Waals surface area contributed by atoms with Crippen LogP contribution in [-0.2, 0) is 11.2 Å². The van der Waals surface area contributed by atoms with E-state index in [1.54, 1.807) is 7.11 Å². The maximum Gasteiger partial charge on any atom is 0.233 e. The zero-order chi connectivity index (χ0) is 17.5. The van der Waals surface area contributed by atoms with Crippen molar-refractivity contribution in [1.82, 2.24) is 15.1 Å². The molecule has 1 saturated heterocycles. The van der Waals surface area contributed by atoms with E-state index >= 15 is 0 Å². The molecule has 1 aromatic carbocycles. The fourth-order valence-corrected chi connectivity index (χ4v) is 3.02. The van der Waals surface area contributed by atoms with Crippen molar-refractivity contribution >= 4 is 11.7 Å². The molecule has 1 aromatic heterocycles. The molecular formula is C19H24N4O2. The van der Waals surface area contributed by atoms with E-state index in [-0.39, 0.29) is 5.91 Å². The Hall–Kier alpha value is -2.63. The van der Waals surface area contributed by atoms with Crippen LogP contribution in [0.2, 0.25) is 0 Å². The van der Waals surface area contributed by atoms with E-state index < -0.39 is 0 Å². The number of methoxy groups -OCH3 is 1. The molecule has 0 aliphatic carbocycles. The summed E-state index contributed by atoms with van der Waals surface area (Å²) in [6, 6.07) is 14.0. The highest BCUT2D eigenvalue weighted by Gasteiger charge is 2.21. The molecule has 0 saturated carbocycles. The van der Waals surface area contributed by atoms with Crippen molar-refractivity contribution in [1.29, 1.82) is 0 Å². The van der Waals surface area contributed by atoms with Gasteiger partial charge in [-0.2, -0.15) is 0 Å². The van der Waals surface area contributed by atoms with Crippen LogP contribution in [0.15, 0.2) is 42.5 Å². The van der Waals surface area contributed by atoms with Crippen LogP contribution in [0.4, 0.5) is 5.82 Å². The molecule has 2 aromatic rings. The number of hydrogen-bond donors (Lipinski definition) is 0.